The summed E-state index contributed by atoms with van der Waals surface area (Å²) in [5.41, 5.74) is 2.10. The third-order valence-electron chi connectivity index (χ3n) is 4.97. The molecule has 2 N–H and O–H groups in total. The first-order valence-electron chi connectivity index (χ1n) is 9.83. The summed E-state index contributed by atoms with van der Waals surface area (Å²) in [6, 6.07) is 4.96. The van der Waals surface area contributed by atoms with E-state index >= 15 is 0 Å². The van der Waals surface area contributed by atoms with Crippen LogP contribution in [0, 0.1) is 5.82 Å². The summed E-state index contributed by atoms with van der Waals surface area (Å²) in [6.45, 7) is 2.36. The Morgan fingerprint density at radius 1 is 1.21 bits per heavy atom. The van der Waals surface area contributed by atoms with E-state index in [-0.39, 0.29) is 29.8 Å². The average Bonchev–Trinajstić information content (AvgIpc) is 2.92. The number of benzene rings is 1. The molecule has 2 heterocycles. The van der Waals surface area contributed by atoms with Gasteiger partial charge in [-0.05, 0) is 42.4 Å². The van der Waals surface area contributed by atoms with Gasteiger partial charge in [0.05, 0.1) is 0 Å². The molecule has 0 bridgehead atoms. The minimum absolute atomic E-state index is 0. The molecule has 0 radical (unpaired) electrons. The smallest absolute Gasteiger partial charge is 0.191 e. The molecule has 0 amide bonds. The molecule has 0 atom stereocenters. The fourth-order valence-corrected chi connectivity index (χ4v) is 4.06. The van der Waals surface area contributed by atoms with Crippen molar-refractivity contribution in [2.24, 2.45) is 4.99 Å². The van der Waals surface area contributed by atoms with Crippen LogP contribution in [0.4, 0.5) is 4.39 Å². The summed E-state index contributed by atoms with van der Waals surface area (Å²) >= 11 is 1.69. The maximum Gasteiger partial charge on any atom is 0.191 e. The standard InChI is InChI=1S/C20H29FN6S.HI/c1-22-20(24-13-15-7-8-17(21)12-16(15)14-28-2)23-10-9-19-26-25-18-6-4-3-5-11-27(18)19;/h7-8,12H,3-6,9-11,13-14H2,1-2H3,(H2,22,23,24);1H. The van der Waals surface area contributed by atoms with E-state index < -0.39 is 0 Å². The minimum Gasteiger partial charge on any atom is -0.356 e. The predicted molar refractivity (Wildman–Crippen MR) is 129 cm³/mol. The van der Waals surface area contributed by atoms with Gasteiger partial charge in [-0.3, -0.25) is 4.99 Å². The highest BCUT2D eigenvalue weighted by Gasteiger charge is 2.14. The number of hydrogen-bond donors (Lipinski definition) is 2. The average molecular weight is 532 g/mol. The predicted octanol–water partition coefficient (Wildman–Crippen LogP) is 3.53. The molecular weight excluding hydrogens is 502 g/mol. The number of fused-ring (bicyclic) bond motifs is 1. The van der Waals surface area contributed by atoms with Crippen LogP contribution < -0.4 is 10.6 Å². The van der Waals surface area contributed by atoms with Crippen LogP contribution in [-0.4, -0.2) is 40.6 Å². The Morgan fingerprint density at radius 2 is 2.07 bits per heavy atom. The summed E-state index contributed by atoms with van der Waals surface area (Å²) < 4.78 is 15.8. The second-order valence-electron chi connectivity index (χ2n) is 6.94. The molecule has 2 aromatic rings. The van der Waals surface area contributed by atoms with E-state index in [2.05, 4.69) is 30.4 Å². The van der Waals surface area contributed by atoms with Gasteiger partial charge in [-0.15, -0.1) is 34.2 Å². The van der Waals surface area contributed by atoms with Gasteiger partial charge in [0, 0.05) is 45.3 Å². The maximum atomic E-state index is 13.5. The minimum atomic E-state index is -0.192. The monoisotopic (exact) mass is 532 g/mol. The van der Waals surface area contributed by atoms with Crippen molar-refractivity contribution in [2.75, 3.05) is 19.8 Å². The number of aryl methyl sites for hydroxylation is 1. The van der Waals surface area contributed by atoms with Crippen LogP contribution in [0.15, 0.2) is 23.2 Å². The number of rotatable bonds is 7. The van der Waals surface area contributed by atoms with Crippen LogP contribution in [-0.2, 0) is 31.7 Å². The van der Waals surface area contributed by atoms with Crippen LogP contribution in [0.1, 0.15) is 42.0 Å². The van der Waals surface area contributed by atoms with Gasteiger partial charge in [0.1, 0.15) is 17.5 Å². The van der Waals surface area contributed by atoms with E-state index in [1.54, 1.807) is 24.9 Å². The Labute approximate surface area is 193 Å². The fourth-order valence-electron chi connectivity index (χ4n) is 3.48. The lowest BCUT2D eigenvalue weighted by Crippen LogP contribution is -2.38. The van der Waals surface area contributed by atoms with Crippen LogP contribution in [0.3, 0.4) is 0 Å². The molecule has 0 aliphatic carbocycles. The van der Waals surface area contributed by atoms with Crippen molar-refractivity contribution >= 4 is 41.7 Å². The first-order chi connectivity index (χ1) is 13.7. The highest BCUT2D eigenvalue weighted by Crippen LogP contribution is 2.17. The second-order valence-corrected chi connectivity index (χ2v) is 7.81. The Morgan fingerprint density at radius 3 is 2.86 bits per heavy atom. The van der Waals surface area contributed by atoms with Crippen molar-refractivity contribution < 1.29 is 4.39 Å². The quantitative estimate of drug-likeness (QED) is 0.325. The molecule has 160 valence electrons. The van der Waals surface area contributed by atoms with E-state index in [0.717, 1.165) is 60.4 Å². The molecule has 1 aliphatic rings. The molecule has 0 fully saturated rings. The van der Waals surface area contributed by atoms with Crippen molar-refractivity contribution in [3.8, 4) is 0 Å². The highest BCUT2D eigenvalue weighted by atomic mass is 127. The summed E-state index contributed by atoms with van der Waals surface area (Å²) in [6.07, 6.45) is 7.52. The number of hydrogen-bond acceptors (Lipinski definition) is 4. The van der Waals surface area contributed by atoms with Crippen molar-refractivity contribution in [3.05, 3.63) is 46.8 Å². The molecule has 0 spiro atoms. The molecule has 0 unspecified atom stereocenters. The number of aromatic nitrogens is 3. The van der Waals surface area contributed by atoms with Gasteiger partial charge in [0.2, 0.25) is 0 Å². The van der Waals surface area contributed by atoms with E-state index in [1.807, 2.05) is 12.3 Å². The Kier molecular flexibility index (Phi) is 10.2. The van der Waals surface area contributed by atoms with Crippen LogP contribution >= 0.6 is 35.7 Å². The number of halogens is 2. The highest BCUT2D eigenvalue weighted by molar-refractivity contribution is 14.0. The van der Waals surface area contributed by atoms with Gasteiger partial charge in [-0.25, -0.2) is 4.39 Å². The number of aliphatic imine (C=N–C) groups is 1. The number of guanidine groups is 1. The summed E-state index contributed by atoms with van der Waals surface area (Å²) in [5.74, 6) is 3.49. The van der Waals surface area contributed by atoms with Crippen LogP contribution in [0.5, 0.6) is 0 Å². The number of thioether (sulfide) groups is 1. The zero-order valence-electron chi connectivity index (χ0n) is 17.1. The lowest BCUT2D eigenvalue weighted by atomic mass is 10.1. The Bertz CT molecular complexity index is 810. The number of nitrogens with one attached hydrogen (secondary N) is 2. The molecule has 6 nitrogen and oxygen atoms in total. The Balaban J connectivity index is 0.00000300. The maximum absolute atomic E-state index is 13.5. The molecule has 9 heteroatoms. The van der Waals surface area contributed by atoms with Gasteiger partial charge < -0.3 is 15.2 Å². The molecule has 0 saturated heterocycles. The van der Waals surface area contributed by atoms with Crippen molar-refractivity contribution in [1.29, 1.82) is 0 Å². The van der Waals surface area contributed by atoms with Crippen LogP contribution in [0.25, 0.3) is 0 Å². The lowest BCUT2D eigenvalue weighted by Gasteiger charge is -2.14. The van der Waals surface area contributed by atoms with Gasteiger partial charge in [-0.1, -0.05) is 12.5 Å². The SMILES string of the molecule is CN=C(NCCc1nnc2n1CCCCC2)NCc1ccc(F)cc1CSC.I. The van der Waals surface area contributed by atoms with Gasteiger partial charge in [-0.2, -0.15) is 11.8 Å². The number of nitrogens with zero attached hydrogens (tertiary/aromatic N) is 4. The molecular formula is C20H30FIN6S. The third-order valence-corrected chi connectivity index (χ3v) is 5.56. The summed E-state index contributed by atoms with van der Waals surface area (Å²) in [5, 5.41) is 15.4. The molecule has 1 aromatic carbocycles. The zero-order valence-corrected chi connectivity index (χ0v) is 20.2. The van der Waals surface area contributed by atoms with E-state index in [9.17, 15) is 4.39 Å². The first-order valence-corrected chi connectivity index (χ1v) is 11.2. The van der Waals surface area contributed by atoms with Gasteiger partial charge >= 0.3 is 0 Å². The normalized spacial score (nSPS) is 14.0. The van der Waals surface area contributed by atoms with Gasteiger partial charge in [0.25, 0.3) is 0 Å². The topological polar surface area (TPSA) is 67.1 Å². The van der Waals surface area contributed by atoms with Crippen LogP contribution in [0.2, 0.25) is 0 Å². The zero-order chi connectivity index (χ0) is 19.8. The fraction of sp³-hybridized carbons (Fsp3) is 0.550. The van der Waals surface area contributed by atoms with E-state index in [0.29, 0.717) is 6.54 Å². The Hall–Kier alpha value is -1.36. The van der Waals surface area contributed by atoms with Gasteiger partial charge in [0.15, 0.2) is 5.96 Å². The molecule has 1 aromatic heterocycles. The third kappa shape index (κ3) is 6.84. The summed E-state index contributed by atoms with van der Waals surface area (Å²) in [7, 11) is 1.76. The molecule has 1 aliphatic heterocycles. The van der Waals surface area contributed by atoms with Crippen molar-refractivity contribution in [3.63, 3.8) is 0 Å². The van der Waals surface area contributed by atoms with E-state index in [4.69, 9.17) is 0 Å². The van der Waals surface area contributed by atoms with E-state index in [1.165, 1.54) is 25.3 Å². The molecule has 0 saturated carbocycles. The summed E-state index contributed by atoms with van der Waals surface area (Å²) in [4.78, 5) is 4.29. The van der Waals surface area contributed by atoms with Crippen molar-refractivity contribution in [1.82, 2.24) is 25.4 Å². The molecule has 3 rings (SSSR count). The van der Waals surface area contributed by atoms with Crippen molar-refractivity contribution in [2.45, 2.75) is 50.9 Å². The largest absolute Gasteiger partial charge is 0.356 e. The lowest BCUT2D eigenvalue weighted by molar-refractivity contribution is 0.600. The first kappa shape index (κ1) is 23.9. The second kappa shape index (κ2) is 12.4. The molecule has 29 heavy (non-hydrogen) atoms.